The molecular formula is C55H86NO8P. The van der Waals surface area contributed by atoms with E-state index in [1.165, 1.54) is 0 Å². The van der Waals surface area contributed by atoms with Gasteiger partial charge in [-0.1, -0.05) is 179 Å². The van der Waals surface area contributed by atoms with Crippen molar-refractivity contribution in [3.63, 3.8) is 0 Å². The molecule has 0 aromatic carbocycles. The normalized spacial score (nSPS) is 14.5. The fourth-order valence-electron chi connectivity index (χ4n) is 5.69. The van der Waals surface area contributed by atoms with E-state index in [1.807, 2.05) is 6.08 Å². The third kappa shape index (κ3) is 50.7. The largest absolute Gasteiger partial charge is 0.472 e. The van der Waals surface area contributed by atoms with Crippen LogP contribution in [0.2, 0.25) is 0 Å². The van der Waals surface area contributed by atoms with Crippen LogP contribution in [0.5, 0.6) is 0 Å². The lowest BCUT2D eigenvalue weighted by atomic mass is 10.1. The number of esters is 1. The third-order valence-electron chi connectivity index (χ3n) is 9.26. The second-order valence-corrected chi connectivity index (χ2v) is 16.8. The molecule has 2 unspecified atom stereocenters. The molecular weight excluding hydrogens is 834 g/mol. The number of carbonyl (C=O) groups excluding carboxylic acids is 2. The van der Waals surface area contributed by atoms with Crippen molar-refractivity contribution in [1.29, 1.82) is 0 Å². The molecule has 0 saturated carbocycles. The van der Waals surface area contributed by atoms with Crippen molar-refractivity contribution in [2.24, 2.45) is 0 Å². The number of hydrogen-bond acceptors (Lipinski definition) is 7. The number of allylic oxidation sites excluding steroid dienone is 24. The number of aliphatic hydroxyl groups is 1. The molecule has 364 valence electrons. The molecule has 10 heteroatoms. The Kier molecular flexibility index (Phi) is 46.2. The Morgan fingerprint density at radius 1 is 0.477 bits per heavy atom. The van der Waals surface area contributed by atoms with Crippen LogP contribution in [0, 0.1) is 0 Å². The van der Waals surface area contributed by atoms with Crippen LogP contribution in [0.25, 0.3) is 0 Å². The summed E-state index contributed by atoms with van der Waals surface area (Å²) in [5, 5.41) is 12.7. The summed E-state index contributed by atoms with van der Waals surface area (Å²) in [5.74, 6) is -0.610. The summed E-state index contributed by atoms with van der Waals surface area (Å²) in [6, 6.07) is 0. The summed E-state index contributed by atoms with van der Waals surface area (Å²) in [7, 11) is -4.45. The van der Waals surface area contributed by atoms with Gasteiger partial charge in [-0.05, 0) is 109 Å². The summed E-state index contributed by atoms with van der Waals surface area (Å²) < 4.78 is 26.9. The van der Waals surface area contributed by atoms with Gasteiger partial charge >= 0.3 is 13.8 Å². The van der Waals surface area contributed by atoms with E-state index < -0.39 is 26.5 Å². The van der Waals surface area contributed by atoms with Crippen molar-refractivity contribution >= 4 is 19.7 Å². The second kappa shape index (κ2) is 49.3. The quantitative estimate of drug-likeness (QED) is 0.0238. The molecule has 0 rings (SSSR count). The van der Waals surface area contributed by atoms with Crippen molar-refractivity contribution in [2.45, 2.75) is 161 Å². The van der Waals surface area contributed by atoms with Crippen molar-refractivity contribution in [2.75, 3.05) is 26.4 Å². The number of phosphoric ester groups is 1. The minimum Gasteiger partial charge on any atom is -0.463 e. The molecule has 0 bridgehead atoms. The summed E-state index contributed by atoms with van der Waals surface area (Å²) in [6.45, 7) is 3.21. The SMILES string of the molecule is CC/C=C\C/C=C\C/C=C\C/C=C\C/C=C\C/C=C\C/C=C\CCCC(=O)OCC(O)COP(=O)(O)OCCNC(=O)CCCCCCC/C=C\C/C=C\C/C=C\C/C=C\C/C=C\CC. The van der Waals surface area contributed by atoms with E-state index in [0.717, 1.165) is 122 Å². The maximum absolute atomic E-state index is 12.1. The highest BCUT2D eigenvalue weighted by Gasteiger charge is 2.23. The van der Waals surface area contributed by atoms with Crippen molar-refractivity contribution < 1.29 is 37.9 Å². The van der Waals surface area contributed by atoms with Gasteiger partial charge in [0.2, 0.25) is 5.91 Å². The number of aliphatic hydroxyl groups excluding tert-OH is 1. The molecule has 2 atom stereocenters. The Hall–Kier alpha value is -4.11. The molecule has 0 aliphatic rings. The Labute approximate surface area is 395 Å². The van der Waals surface area contributed by atoms with Gasteiger partial charge in [0.05, 0.1) is 13.2 Å². The highest BCUT2D eigenvalue weighted by Crippen LogP contribution is 2.42. The van der Waals surface area contributed by atoms with E-state index in [0.29, 0.717) is 12.8 Å². The fraction of sp³-hybridized carbons (Fsp3) is 0.527. The number of hydrogen-bond donors (Lipinski definition) is 3. The van der Waals surface area contributed by atoms with Gasteiger partial charge in [-0.3, -0.25) is 18.6 Å². The van der Waals surface area contributed by atoms with E-state index in [4.69, 9.17) is 13.8 Å². The molecule has 0 saturated heterocycles. The molecule has 9 nitrogen and oxygen atoms in total. The van der Waals surface area contributed by atoms with Gasteiger partial charge in [-0.25, -0.2) is 4.57 Å². The van der Waals surface area contributed by atoms with Gasteiger partial charge < -0.3 is 20.1 Å². The molecule has 1 amide bonds. The van der Waals surface area contributed by atoms with Crippen LogP contribution in [0.3, 0.4) is 0 Å². The van der Waals surface area contributed by atoms with E-state index in [1.54, 1.807) is 0 Å². The van der Waals surface area contributed by atoms with E-state index >= 15 is 0 Å². The Balaban J connectivity index is 3.75. The van der Waals surface area contributed by atoms with Crippen LogP contribution in [-0.2, 0) is 27.9 Å². The Morgan fingerprint density at radius 2 is 0.846 bits per heavy atom. The monoisotopic (exact) mass is 920 g/mol. The highest BCUT2D eigenvalue weighted by molar-refractivity contribution is 7.47. The van der Waals surface area contributed by atoms with Crippen molar-refractivity contribution in [3.05, 3.63) is 146 Å². The van der Waals surface area contributed by atoms with Crippen LogP contribution in [-0.4, -0.2) is 54.3 Å². The zero-order chi connectivity index (χ0) is 47.4. The zero-order valence-corrected chi connectivity index (χ0v) is 41.0. The summed E-state index contributed by atoms with van der Waals surface area (Å²) in [6.07, 6.45) is 70.7. The van der Waals surface area contributed by atoms with Gasteiger partial charge in [0.15, 0.2) is 0 Å². The average molecular weight is 920 g/mol. The number of amides is 1. The fourth-order valence-corrected chi connectivity index (χ4v) is 6.45. The molecule has 0 aromatic rings. The molecule has 65 heavy (non-hydrogen) atoms. The van der Waals surface area contributed by atoms with Crippen LogP contribution in [0.1, 0.15) is 155 Å². The van der Waals surface area contributed by atoms with E-state index in [9.17, 15) is 24.2 Å². The van der Waals surface area contributed by atoms with Crippen LogP contribution in [0.15, 0.2) is 146 Å². The number of phosphoric acid groups is 1. The Morgan fingerprint density at radius 3 is 1.28 bits per heavy atom. The maximum Gasteiger partial charge on any atom is 0.472 e. The van der Waals surface area contributed by atoms with Crippen molar-refractivity contribution in [3.8, 4) is 0 Å². The van der Waals surface area contributed by atoms with Crippen LogP contribution in [0.4, 0.5) is 0 Å². The first-order chi connectivity index (χ1) is 31.8. The van der Waals surface area contributed by atoms with Gasteiger partial charge in [-0.15, -0.1) is 0 Å². The zero-order valence-electron chi connectivity index (χ0n) is 40.1. The smallest absolute Gasteiger partial charge is 0.463 e. The van der Waals surface area contributed by atoms with Crippen LogP contribution >= 0.6 is 7.82 Å². The Bertz CT molecular complexity index is 1560. The van der Waals surface area contributed by atoms with E-state index in [-0.39, 0.29) is 32.1 Å². The number of rotatable bonds is 43. The first kappa shape index (κ1) is 60.9. The molecule has 0 aliphatic heterocycles. The van der Waals surface area contributed by atoms with Gasteiger partial charge in [0.25, 0.3) is 0 Å². The predicted octanol–water partition coefficient (Wildman–Crippen LogP) is 14.4. The molecule has 0 heterocycles. The van der Waals surface area contributed by atoms with Gasteiger partial charge in [0.1, 0.15) is 12.7 Å². The van der Waals surface area contributed by atoms with Gasteiger partial charge in [-0.2, -0.15) is 0 Å². The van der Waals surface area contributed by atoms with Gasteiger partial charge in [0, 0.05) is 19.4 Å². The average Bonchev–Trinajstić information content (AvgIpc) is 3.29. The minimum atomic E-state index is -4.45. The standard InChI is InChI=1S/C55H86NO8P/c1-3-5-7-9-11-13-15-17-19-21-23-25-26-28-30-32-34-36-38-40-42-44-46-48-55(59)62-51-53(57)52-64-65(60,61)63-50-49-56-54(58)47-45-43-41-39-37-35-33-31-29-27-24-22-20-18-16-14-12-10-8-6-4-2/h5-8,11-14,17-20,23-25,27-28,30-31,33-34,36,40,42,53,57H,3-4,9-10,15-16,21-22,26,29,32,35,37-39,41,43-52H2,1-2H3,(H,56,58)(H,60,61)/b7-5-,8-6-,13-11-,14-12-,19-17-,20-18-,25-23-,27-24-,30-28-,33-31-,36-34-,42-40-. The molecule has 0 fully saturated rings. The third-order valence-corrected chi connectivity index (χ3v) is 10.2. The number of nitrogens with one attached hydrogen (secondary N) is 1. The molecule has 3 N–H and O–H groups in total. The molecule has 0 aromatic heterocycles. The highest BCUT2D eigenvalue weighted by atomic mass is 31.2. The summed E-state index contributed by atoms with van der Waals surface area (Å²) >= 11 is 0. The maximum atomic E-state index is 12.1. The van der Waals surface area contributed by atoms with E-state index in [2.05, 4.69) is 159 Å². The molecule has 0 radical (unpaired) electrons. The lowest BCUT2D eigenvalue weighted by Gasteiger charge is -2.15. The summed E-state index contributed by atoms with van der Waals surface area (Å²) in [4.78, 5) is 34.0. The second-order valence-electron chi connectivity index (χ2n) is 15.3. The predicted molar refractivity (Wildman–Crippen MR) is 274 cm³/mol. The first-order valence-corrected chi connectivity index (χ1v) is 25.8. The number of unbranched alkanes of at least 4 members (excludes halogenated alkanes) is 6. The molecule has 0 spiro atoms. The summed E-state index contributed by atoms with van der Waals surface area (Å²) in [5.41, 5.74) is 0. The first-order valence-electron chi connectivity index (χ1n) is 24.3. The lowest BCUT2D eigenvalue weighted by molar-refractivity contribution is -0.147. The lowest BCUT2D eigenvalue weighted by Crippen LogP contribution is -2.27. The van der Waals surface area contributed by atoms with Crippen molar-refractivity contribution in [1.82, 2.24) is 5.32 Å². The number of carbonyl (C=O) groups is 2. The number of ether oxygens (including phenoxy) is 1. The topological polar surface area (TPSA) is 131 Å². The minimum absolute atomic E-state index is 0.0534. The molecule has 0 aliphatic carbocycles. The van der Waals surface area contributed by atoms with Crippen LogP contribution < -0.4 is 5.32 Å².